The van der Waals surface area contributed by atoms with E-state index in [1.807, 2.05) is 18.2 Å². The van der Waals surface area contributed by atoms with Gasteiger partial charge in [-0.25, -0.2) is 4.39 Å². The predicted octanol–water partition coefficient (Wildman–Crippen LogP) is 4.44. The molecule has 0 saturated carbocycles. The Morgan fingerprint density at radius 3 is 2.57 bits per heavy atom. The Kier molecular flexibility index (Phi) is 4.93. The van der Waals surface area contributed by atoms with Gasteiger partial charge in [-0.15, -0.1) is 10.2 Å². The highest BCUT2D eigenvalue weighted by Gasteiger charge is 2.18. The molecule has 28 heavy (non-hydrogen) atoms. The van der Waals surface area contributed by atoms with Crippen LogP contribution in [0.3, 0.4) is 0 Å². The molecule has 144 valence electrons. The van der Waals surface area contributed by atoms with Gasteiger partial charge in [-0.05, 0) is 36.6 Å². The molecule has 0 amide bonds. The van der Waals surface area contributed by atoms with Crippen molar-refractivity contribution in [2.45, 2.75) is 38.2 Å². The minimum atomic E-state index is -0.429. The zero-order valence-electron chi connectivity index (χ0n) is 16.0. The van der Waals surface area contributed by atoms with E-state index >= 15 is 0 Å². The Morgan fingerprint density at radius 2 is 1.86 bits per heavy atom. The van der Waals surface area contributed by atoms with E-state index in [1.165, 1.54) is 23.3 Å². The van der Waals surface area contributed by atoms with Gasteiger partial charge in [0, 0.05) is 12.3 Å². The van der Waals surface area contributed by atoms with Crippen molar-refractivity contribution in [3.8, 4) is 0 Å². The van der Waals surface area contributed by atoms with Crippen molar-refractivity contribution >= 4 is 28.4 Å². The number of hydrogen-bond acceptors (Lipinski definition) is 4. The molecule has 2 heterocycles. The van der Waals surface area contributed by atoms with Crippen LogP contribution in [0.25, 0.3) is 16.7 Å². The molecule has 0 bridgehead atoms. The van der Waals surface area contributed by atoms with Gasteiger partial charge >= 0.3 is 0 Å². The Hall–Kier alpha value is -2.67. The second-order valence-corrected chi connectivity index (χ2v) is 8.31. The SMILES string of the molecule is Cc1ccc(CSc2nnc3n(CC(C)C)c(=O)c4cc(F)ccc4n23)cc1. The van der Waals surface area contributed by atoms with E-state index in [-0.39, 0.29) is 11.5 Å². The van der Waals surface area contributed by atoms with Gasteiger partial charge in [-0.3, -0.25) is 13.8 Å². The summed E-state index contributed by atoms with van der Waals surface area (Å²) < 4.78 is 17.3. The molecule has 0 unspecified atom stereocenters. The Labute approximate surface area is 166 Å². The summed E-state index contributed by atoms with van der Waals surface area (Å²) in [6.45, 7) is 6.61. The average Bonchev–Trinajstić information content (AvgIpc) is 3.08. The van der Waals surface area contributed by atoms with Crippen LogP contribution in [0.5, 0.6) is 0 Å². The number of aromatic nitrogens is 4. The van der Waals surface area contributed by atoms with Crippen molar-refractivity contribution in [3.63, 3.8) is 0 Å². The highest BCUT2D eigenvalue weighted by molar-refractivity contribution is 7.98. The van der Waals surface area contributed by atoms with E-state index < -0.39 is 5.82 Å². The summed E-state index contributed by atoms with van der Waals surface area (Å²) in [7, 11) is 0. The monoisotopic (exact) mass is 396 g/mol. The maximum Gasteiger partial charge on any atom is 0.262 e. The maximum atomic E-state index is 13.8. The lowest BCUT2D eigenvalue weighted by Crippen LogP contribution is -2.25. The number of aryl methyl sites for hydroxylation is 1. The first-order valence-electron chi connectivity index (χ1n) is 9.19. The van der Waals surface area contributed by atoms with Crippen LogP contribution in [0.4, 0.5) is 4.39 Å². The zero-order chi connectivity index (χ0) is 19.8. The second-order valence-electron chi connectivity index (χ2n) is 7.36. The van der Waals surface area contributed by atoms with Crippen LogP contribution in [0, 0.1) is 18.7 Å². The van der Waals surface area contributed by atoms with Crippen LogP contribution >= 0.6 is 11.8 Å². The van der Waals surface area contributed by atoms with Gasteiger partial charge in [0.2, 0.25) is 5.78 Å². The van der Waals surface area contributed by atoms with Gasteiger partial charge in [-0.2, -0.15) is 0 Å². The molecule has 2 aromatic carbocycles. The van der Waals surface area contributed by atoms with Crippen LogP contribution in [0.1, 0.15) is 25.0 Å². The molecule has 5 nitrogen and oxygen atoms in total. The standard InChI is InChI=1S/C21H21FN4OS/c1-13(2)11-25-19(27)17-10-16(22)8-9-18(17)26-20(25)23-24-21(26)28-12-15-6-4-14(3)5-7-15/h4-10,13H,11-12H2,1-3H3. The number of rotatable bonds is 5. The van der Waals surface area contributed by atoms with Crippen molar-refractivity contribution in [1.82, 2.24) is 19.2 Å². The molecule has 0 radical (unpaired) electrons. The summed E-state index contributed by atoms with van der Waals surface area (Å²) in [5, 5.41) is 9.65. The van der Waals surface area contributed by atoms with E-state index in [0.29, 0.717) is 28.4 Å². The summed E-state index contributed by atoms with van der Waals surface area (Å²) in [4.78, 5) is 13.0. The molecule has 2 aromatic heterocycles. The van der Waals surface area contributed by atoms with Crippen molar-refractivity contribution < 1.29 is 4.39 Å². The fraction of sp³-hybridized carbons (Fsp3) is 0.286. The quantitative estimate of drug-likeness (QED) is 0.468. The van der Waals surface area contributed by atoms with E-state index in [9.17, 15) is 9.18 Å². The first kappa shape index (κ1) is 18.7. The first-order chi connectivity index (χ1) is 13.4. The lowest BCUT2D eigenvalue weighted by atomic mass is 10.2. The Balaban J connectivity index is 1.86. The minimum absolute atomic E-state index is 0.238. The normalized spacial score (nSPS) is 11.8. The molecule has 0 aliphatic rings. The average molecular weight is 396 g/mol. The van der Waals surface area contributed by atoms with Crippen molar-refractivity contribution in [1.29, 1.82) is 0 Å². The lowest BCUT2D eigenvalue weighted by molar-refractivity contribution is 0.517. The van der Waals surface area contributed by atoms with Gasteiger partial charge < -0.3 is 0 Å². The highest BCUT2D eigenvalue weighted by Crippen LogP contribution is 2.25. The zero-order valence-corrected chi connectivity index (χ0v) is 16.8. The van der Waals surface area contributed by atoms with Crippen LogP contribution < -0.4 is 5.56 Å². The van der Waals surface area contributed by atoms with Gasteiger partial charge in [0.15, 0.2) is 5.16 Å². The fourth-order valence-electron chi connectivity index (χ4n) is 3.21. The molecule has 0 atom stereocenters. The van der Waals surface area contributed by atoms with E-state index in [2.05, 4.69) is 41.4 Å². The van der Waals surface area contributed by atoms with E-state index in [1.54, 1.807) is 22.4 Å². The highest BCUT2D eigenvalue weighted by atomic mass is 32.2. The van der Waals surface area contributed by atoms with Crippen molar-refractivity contribution in [2.75, 3.05) is 0 Å². The van der Waals surface area contributed by atoms with Crippen molar-refractivity contribution in [3.05, 3.63) is 69.8 Å². The predicted molar refractivity (Wildman–Crippen MR) is 110 cm³/mol. The fourth-order valence-corrected chi connectivity index (χ4v) is 4.11. The molecule has 0 N–H and O–H groups in total. The molecular formula is C21H21FN4OS. The van der Waals surface area contributed by atoms with Gasteiger partial charge in [0.25, 0.3) is 5.56 Å². The molecule has 4 rings (SSSR count). The Morgan fingerprint density at radius 1 is 1.11 bits per heavy atom. The third-order valence-electron chi connectivity index (χ3n) is 4.57. The smallest absolute Gasteiger partial charge is 0.262 e. The molecule has 0 aliphatic heterocycles. The minimum Gasteiger partial charge on any atom is -0.276 e. The molecule has 0 saturated heterocycles. The van der Waals surface area contributed by atoms with Crippen LogP contribution in [-0.2, 0) is 12.3 Å². The second kappa shape index (κ2) is 7.39. The van der Waals surface area contributed by atoms with Gasteiger partial charge in [-0.1, -0.05) is 55.4 Å². The van der Waals surface area contributed by atoms with Crippen LogP contribution in [-0.4, -0.2) is 19.2 Å². The van der Waals surface area contributed by atoms with Gasteiger partial charge in [0.1, 0.15) is 5.82 Å². The van der Waals surface area contributed by atoms with Gasteiger partial charge in [0.05, 0.1) is 10.9 Å². The molecule has 0 aliphatic carbocycles. The van der Waals surface area contributed by atoms with Crippen molar-refractivity contribution in [2.24, 2.45) is 5.92 Å². The number of fused-ring (bicyclic) bond motifs is 3. The number of nitrogens with zero attached hydrogens (tertiary/aromatic N) is 4. The summed E-state index contributed by atoms with van der Waals surface area (Å²) in [5.74, 6) is 1.03. The van der Waals surface area contributed by atoms with Crippen LogP contribution in [0.15, 0.2) is 52.4 Å². The van der Waals surface area contributed by atoms with E-state index in [0.717, 1.165) is 5.75 Å². The number of benzene rings is 2. The Bertz CT molecular complexity index is 1210. The topological polar surface area (TPSA) is 52.2 Å². The number of halogens is 1. The summed E-state index contributed by atoms with van der Waals surface area (Å²) in [5.41, 5.74) is 2.78. The maximum absolute atomic E-state index is 13.8. The molecule has 4 aromatic rings. The lowest BCUT2D eigenvalue weighted by Gasteiger charge is -2.13. The largest absolute Gasteiger partial charge is 0.276 e. The van der Waals surface area contributed by atoms with Crippen LogP contribution in [0.2, 0.25) is 0 Å². The first-order valence-corrected chi connectivity index (χ1v) is 10.2. The summed E-state index contributed by atoms with van der Waals surface area (Å²) >= 11 is 1.55. The summed E-state index contributed by atoms with van der Waals surface area (Å²) in [6.07, 6.45) is 0. The molecular weight excluding hydrogens is 375 g/mol. The summed E-state index contributed by atoms with van der Waals surface area (Å²) in [6, 6.07) is 12.6. The third-order valence-corrected chi connectivity index (χ3v) is 5.57. The number of hydrogen-bond donors (Lipinski definition) is 0. The molecule has 0 spiro atoms. The number of thioether (sulfide) groups is 1. The third kappa shape index (κ3) is 3.42. The van der Waals surface area contributed by atoms with E-state index in [4.69, 9.17) is 0 Å². The molecule has 0 fully saturated rings. The molecule has 7 heteroatoms.